The summed E-state index contributed by atoms with van der Waals surface area (Å²) in [6.07, 6.45) is 5.87. The fraction of sp³-hybridized carbons (Fsp3) is 0.625. The number of hydrogen-bond acceptors (Lipinski definition) is 5. The van der Waals surface area contributed by atoms with Crippen molar-refractivity contribution < 1.29 is 14.7 Å². The Morgan fingerprint density at radius 1 is 1.30 bits per heavy atom. The van der Waals surface area contributed by atoms with Crippen molar-refractivity contribution in [3.63, 3.8) is 0 Å². The van der Waals surface area contributed by atoms with Gasteiger partial charge in [0.1, 0.15) is 11.9 Å². The van der Waals surface area contributed by atoms with E-state index in [1.54, 1.807) is 18.5 Å². The Morgan fingerprint density at radius 2 is 1.96 bits per heavy atom. The molecule has 0 radical (unpaired) electrons. The van der Waals surface area contributed by atoms with E-state index in [9.17, 15) is 14.7 Å². The lowest BCUT2D eigenvalue weighted by Crippen LogP contribution is -2.42. The van der Waals surface area contributed by atoms with E-state index >= 15 is 0 Å². The first kappa shape index (κ1) is 15.9. The van der Waals surface area contributed by atoms with Gasteiger partial charge >= 0.3 is 5.97 Å². The van der Waals surface area contributed by atoms with E-state index in [0.717, 1.165) is 38.3 Å². The molecule has 0 saturated carbocycles. The maximum atomic E-state index is 11.7. The molecule has 1 spiro atoms. The molecule has 1 unspecified atom stereocenters. The van der Waals surface area contributed by atoms with Crippen LogP contribution < -0.4 is 0 Å². The quantitative estimate of drug-likeness (QED) is 0.885. The minimum absolute atomic E-state index is 0.0528. The molecule has 0 aromatic carbocycles. The number of carboxylic acid groups (broad SMARTS) is 1. The molecular formula is C16H22N4O3. The predicted octanol–water partition coefficient (Wildman–Crippen LogP) is 0.764. The van der Waals surface area contributed by atoms with Crippen molar-refractivity contribution in [3.8, 4) is 0 Å². The largest absolute Gasteiger partial charge is 0.480 e. The fourth-order valence-corrected chi connectivity index (χ4v) is 3.77. The first-order chi connectivity index (χ1) is 11.0. The number of carbonyl (C=O) groups excluding carboxylic acids is 1. The van der Waals surface area contributed by atoms with Gasteiger partial charge in [0.25, 0.3) is 0 Å². The van der Waals surface area contributed by atoms with Crippen LogP contribution in [0.4, 0.5) is 0 Å². The molecule has 2 fully saturated rings. The Bertz CT molecular complexity index is 560. The number of hydrogen-bond donors (Lipinski definition) is 1. The van der Waals surface area contributed by atoms with E-state index in [1.807, 2.05) is 0 Å². The van der Waals surface area contributed by atoms with Crippen LogP contribution in [-0.2, 0) is 16.1 Å². The first-order valence-electron chi connectivity index (χ1n) is 7.97. The zero-order valence-corrected chi connectivity index (χ0v) is 13.3. The second kappa shape index (κ2) is 6.23. The summed E-state index contributed by atoms with van der Waals surface area (Å²) < 4.78 is 0. The SMILES string of the molecule is CC(=O)N1CC2(CCN(Cc3ncccn3)CC2)CC1C(=O)O. The molecular weight excluding hydrogens is 296 g/mol. The Labute approximate surface area is 135 Å². The smallest absolute Gasteiger partial charge is 0.326 e. The summed E-state index contributed by atoms with van der Waals surface area (Å²) >= 11 is 0. The maximum absolute atomic E-state index is 11.7. The molecule has 1 aromatic rings. The topological polar surface area (TPSA) is 86.6 Å². The molecule has 2 aliphatic rings. The van der Waals surface area contributed by atoms with Gasteiger partial charge in [-0.2, -0.15) is 0 Å². The summed E-state index contributed by atoms with van der Waals surface area (Å²) in [5.74, 6) is -0.227. The number of rotatable bonds is 3. The third-order valence-electron chi connectivity index (χ3n) is 5.10. The van der Waals surface area contributed by atoms with Gasteiger partial charge in [0.2, 0.25) is 5.91 Å². The van der Waals surface area contributed by atoms with Gasteiger partial charge < -0.3 is 10.0 Å². The Morgan fingerprint density at radius 3 is 2.48 bits per heavy atom. The zero-order valence-electron chi connectivity index (χ0n) is 13.3. The zero-order chi connectivity index (χ0) is 16.4. The number of likely N-dealkylation sites (tertiary alicyclic amines) is 2. The summed E-state index contributed by atoms with van der Waals surface area (Å²) in [5.41, 5.74) is -0.0528. The summed E-state index contributed by atoms with van der Waals surface area (Å²) in [5, 5.41) is 9.37. The molecule has 1 N–H and O–H groups in total. The van der Waals surface area contributed by atoms with Crippen molar-refractivity contribution in [1.29, 1.82) is 0 Å². The number of carboxylic acids is 1. The first-order valence-corrected chi connectivity index (χ1v) is 7.97. The Hall–Kier alpha value is -2.02. The van der Waals surface area contributed by atoms with Crippen molar-refractivity contribution in [3.05, 3.63) is 24.3 Å². The van der Waals surface area contributed by atoms with E-state index in [1.165, 1.54) is 11.8 Å². The molecule has 7 nitrogen and oxygen atoms in total. The standard InChI is InChI=1S/C16H22N4O3/c1-12(21)20-11-16(9-13(20)15(22)23)3-7-19(8-4-16)10-14-17-5-2-6-18-14/h2,5-6,13H,3-4,7-11H2,1H3,(H,22,23). The average Bonchev–Trinajstić information content (AvgIpc) is 2.91. The van der Waals surface area contributed by atoms with Crippen LogP contribution in [0, 0.1) is 5.41 Å². The van der Waals surface area contributed by atoms with Crippen molar-refractivity contribution >= 4 is 11.9 Å². The summed E-state index contributed by atoms with van der Waals surface area (Å²) in [4.78, 5) is 35.5. The molecule has 1 aromatic heterocycles. The molecule has 7 heteroatoms. The third kappa shape index (κ3) is 3.34. The normalized spacial score (nSPS) is 24.0. The number of aromatic nitrogens is 2. The van der Waals surface area contributed by atoms with Crippen LogP contribution in [0.15, 0.2) is 18.5 Å². The van der Waals surface area contributed by atoms with Gasteiger partial charge in [-0.3, -0.25) is 9.69 Å². The highest BCUT2D eigenvalue weighted by Gasteiger charge is 2.49. The van der Waals surface area contributed by atoms with Crippen molar-refractivity contribution in [1.82, 2.24) is 19.8 Å². The number of nitrogens with zero attached hydrogens (tertiary/aromatic N) is 4. The van der Waals surface area contributed by atoms with Crippen molar-refractivity contribution in [2.75, 3.05) is 19.6 Å². The third-order valence-corrected chi connectivity index (χ3v) is 5.10. The van der Waals surface area contributed by atoms with Gasteiger partial charge in [-0.05, 0) is 43.8 Å². The number of aliphatic carboxylic acids is 1. The molecule has 2 aliphatic heterocycles. The van der Waals surface area contributed by atoms with Crippen LogP contribution in [0.5, 0.6) is 0 Å². The predicted molar refractivity (Wildman–Crippen MR) is 82.4 cm³/mol. The lowest BCUT2D eigenvalue weighted by Gasteiger charge is -2.38. The van der Waals surface area contributed by atoms with Gasteiger partial charge in [-0.15, -0.1) is 0 Å². The summed E-state index contributed by atoms with van der Waals surface area (Å²) in [6, 6.07) is 1.13. The second-order valence-corrected chi connectivity index (χ2v) is 6.65. The lowest BCUT2D eigenvalue weighted by atomic mass is 9.76. The number of piperidine rings is 1. The molecule has 0 bridgehead atoms. The van der Waals surface area contributed by atoms with Crippen LogP contribution in [0.3, 0.4) is 0 Å². The minimum atomic E-state index is -0.891. The maximum Gasteiger partial charge on any atom is 0.326 e. The molecule has 3 heterocycles. The fourth-order valence-electron chi connectivity index (χ4n) is 3.77. The van der Waals surface area contributed by atoms with Crippen LogP contribution in [-0.4, -0.2) is 62.4 Å². The molecule has 2 saturated heterocycles. The van der Waals surface area contributed by atoms with Gasteiger partial charge in [-0.1, -0.05) is 0 Å². The van der Waals surface area contributed by atoms with E-state index in [2.05, 4.69) is 14.9 Å². The van der Waals surface area contributed by atoms with Gasteiger partial charge in [0, 0.05) is 25.9 Å². The highest BCUT2D eigenvalue weighted by molar-refractivity contribution is 5.83. The van der Waals surface area contributed by atoms with Crippen LogP contribution >= 0.6 is 0 Å². The molecule has 1 atom stereocenters. The summed E-state index contributed by atoms with van der Waals surface area (Å²) in [6.45, 7) is 4.51. The highest BCUT2D eigenvalue weighted by atomic mass is 16.4. The van der Waals surface area contributed by atoms with Crippen LogP contribution in [0.1, 0.15) is 32.0 Å². The monoisotopic (exact) mass is 318 g/mol. The average molecular weight is 318 g/mol. The van der Waals surface area contributed by atoms with Crippen molar-refractivity contribution in [2.45, 2.75) is 38.8 Å². The lowest BCUT2D eigenvalue weighted by molar-refractivity contribution is -0.147. The Balaban J connectivity index is 1.62. The molecule has 124 valence electrons. The van der Waals surface area contributed by atoms with Crippen LogP contribution in [0.2, 0.25) is 0 Å². The highest BCUT2D eigenvalue weighted by Crippen LogP contribution is 2.43. The number of carbonyl (C=O) groups is 2. The molecule has 3 rings (SSSR count). The van der Waals surface area contributed by atoms with E-state index in [-0.39, 0.29) is 11.3 Å². The molecule has 1 amide bonds. The van der Waals surface area contributed by atoms with Gasteiger partial charge in [0.05, 0.1) is 6.54 Å². The van der Waals surface area contributed by atoms with Gasteiger partial charge in [0.15, 0.2) is 0 Å². The van der Waals surface area contributed by atoms with Gasteiger partial charge in [-0.25, -0.2) is 14.8 Å². The molecule has 0 aliphatic carbocycles. The van der Waals surface area contributed by atoms with E-state index < -0.39 is 12.0 Å². The van der Waals surface area contributed by atoms with E-state index in [4.69, 9.17) is 0 Å². The Kier molecular flexibility index (Phi) is 4.30. The minimum Gasteiger partial charge on any atom is -0.480 e. The van der Waals surface area contributed by atoms with Crippen LogP contribution in [0.25, 0.3) is 0 Å². The number of amides is 1. The van der Waals surface area contributed by atoms with Crippen molar-refractivity contribution in [2.24, 2.45) is 5.41 Å². The second-order valence-electron chi connectivity index (χ2n) is 6.65. The molecule has 23 heavy (non-hydrogen) atoms. The summed E-state index contributed by atoms with van der Waals surface area (Å²) in [7, 11) is 0. The van der Waals surface area contributed by atoms with E-state index in [0.29, 0.717) is 13.0 Å².